The fourth-order valence-corrected chi connectivity index (χ4v) is 2.75. The van der Waals surface area contributed by atoms with Crippen LogP contribution in [0.25, 0.3) is 0 Å². The zero-order valence-electron chi connectivity index (χ0n) is 12.3. The number of likely N-dealkylation sites (tertiary alicyclic amines) is 1. The highest BCUT2D eigenvalue weighted by atomic mass is 16.5. The summed E-state index contributed by atoms with van der Waals surface area (Å²) in [5.41, 5.74) is -0.750. The van der Waals surface area contributed by atoms with E-state index in [4.69, 9.17) is 4.74 Å². The Kier molecular flexibility index (Phi) is 4.78. The van der Waals surface area contributed by atoms with Crippen molar-refractivity contribution in [3.8, 4) is 0 Å². The maximum atomic E-state index is 11.3. The number of carboxylic acid groups (broad SMARTS) is 1. The average Bonchev–Trinajstić information content (AvgIpc) is 2.28. The zero-order valence-corrected chi connectivity index (χ0v) is 12.3. The minimum atomic E-state index is -0.676. The molecule has 2 unspecified atom stereocenters. The summed E-state index contributed by atoms with van der Waals surface area (Å²) in [4.78, 5) is 13.6. The molecule has 1 heterocycles. The molecule has 1 N–H and O–H groups in total. The van der Waals surface area contributed by atoms with E-state index < -0.39 is 11.4 Å². The number of nitrogens with zero attached hydrogens (tertiary/aromatic N) is 1. The Morgan fingerprint density at radius 1 is 1.56 bits per heavy atom. The van der Waals surface area contributed by atoms with Crippen molar-refractivity contribution >= 4 is 5.97 Å². The van der Waals surface area contributed by atoms with Crippen molar-refractivity contribution in [2.75, 3.05) is 20.2 Å². The first-order chi connectivity index (χ1) is 8.20. The molecule has 0 amide bonds. The number of methoxy groups -OCH3 is 1. The van der Waals surface area contributed by atoms with Gasteiger partial charge in [-0.05, 0) is 53.5 Å². The molecule has 0 bridgehead atoms. The third-order valence-corrected chi connectivity index (χ3v) is 4.21. The Morgan fingerprint density at radius 3 is 2.67 bits per heavy atom. The topological polar surface area (TPSA) is 49.8 Å². The predicted molar refractivity (Wildman–Crippen MR) is 71.7 cm³/mol. The van der Waals surface area contributed by atoms with Crippen LogP contribution in [0.15, 0.2) is 0 Å². The molecule has 18 heavy (non-hydrogen) atoms. The second kappa shape index (κ2) is 5.57. The molecule has 0 aromatic rings. The van der Waals surface area contributed by atoms with Crippen LogP contribution in [0.2, 0.25) is 0 Å². The van der Waals surface area contributed by atoms with Gasteiger partial charge < -0.3 is 9.84 Å². The summed E-state index contributed by atoms with van der Waals surface area (Å²) >= 11 is 0. The van der Waals surface area contributed by atoms with Crippen LogP contribution in [0, 0.1) is 5.41 Å². The third kappa shape index (κ3) is 3.69. The Morgan fingerprint density at radius 2 is 2.17 bits per heavy atom. The van der Waals surface area contributed by atoms with Crippen LogP contribution in [0.1, 0.15) is 47.0 Å². The Bertz CT molecular complexity index is 303. The molecule has 0 aromatic heterocycles. The summed E-state index contributed by atoms with van der Waals surface area (Å²) in [6, 6.07) is 0.346. The molecular formula is C14H27NO3. The van der Waals surface area contributed by atoms with E-state index in [0.29, 0.717) is 12.6 Å². The van der Waals surface area contributed by atoms with Crippen molar-refractivity contribution in [1.29, 1.82) is 0 Å². The quantitative estimate of drug-likeness (QED) is 0.821. The number of carboxylic acids is 1. The van der Waals surface area contributed by atoms with Crippen molar-refractivity contribution in [3.63, 3.8) is 0 Å². The van der Waals surface area contributed by atoms with Crippen LogP contribution >= 0.6 is 0 Å². The molecule has 1 rings (SSSR count). The van der Waals surface area contributed by atoms with Gasteiger partial charge in [0.2, 0.25) is 0 Å². The lowest BCUT2D eigenvalue weighted by Crippen LogP contribution is -2.50. The highest BCUT2D eigenvalue weighted by Gasteiger charge is 2.39. The van der Waals surface area contributed by atoms with Gasteiger partial charge >= 0.3 is 5.97 Å². The minimum Gasteiger partial charge on any atom is -0.481 e. The highest BCUT2D eigenvalue weighted by Crippen LogP contribution is 2.32. The van der Waals surface area contributed by atoms with Crippen molar-refractivity contribution < 1.29 is 14.6 Å². The molecule has 0 saturated carbocycles. The first kappa shape index (κ1) is 15.4. The molecule has 0 radical (unpaired) electrons. The normalized spacial score (nSPS) is 28.1. The van der Waals surface area contributed by atoms with Crippen LogP contribution in [0.5, 0.6) is 0 Å². The molecule has 1 aliphatic rings. The summed E-state index contributed by atoms with van der Waals surface area (Å²) in [7, 11) is 1.73. The van der Waals surface area contributed by atoms with Crippen molar-refractivity contribution in [2.45, 2.75) is 58.6 Å². The SMILES string of the molecule is COC(C)(C)CC(C)N1CCCC(C)(C(=O)O)C1. The number of hydrogen-bond donors (Lipinski definition) is 1. The van der Waals surface area contributed by atoms with Crippen molar-refractivity contribution in [1.82, 2.24) is 4.90 Å². The van der Waals surface area contributed by atoms with E-state index in [2.05, 4.69) is 25.7 Å². The van der Waals surface area contributed by atoms with Gasteiger partial charge in [-0.25, -0.2) is 0 Å². The van der Waals surface area contributed by atoms with Gasteiger partial charge in [0.15, 0.2) is 0 Å². The Hall–Kier alpha value is -0.610. The van der Waals surface area contributed by atoms with Gasteiger partial charge in [-0.1, -0.05) is 0 Å². The zero-order chi connectivity index (χ0) is 14.0. The molecule has 1 aliphatic heterocycles. The first-order valence-electron chi connectivity index (χ1n) is 6.73. The molecule has 0 aromatic carbocycles. The van der Waals surface area contributed by atoms with E-state index in [1.54, 1.807) is 7.11 Å². The van der Waals surface area contributed by atoms with Crippen LogP contribution in [-0.2, 0) is 9.53 Å². The Labute approximate surface area is 110 Å². The lowest BCUT2D eigenvalue weighted by atomic mass is 9.81. The minimum absolute atomic E-state index is 0.156. The molecular weight excluding hydrogens is 230 g/mol. The average molecular weight is 257 g/mol. The fraction of sp³-hybridized carbons (Fsp3) is 0.929. The van der Waals surface area contributed by atoms with Gasteiger partial charge in [0, 0.05) is 19.7 Å². The molecule has 106 valence electrons. The summed E-state index contributed by atoms with van der Waals surface area (Å²) in [5, 5.41) is 9.32. The van der Waals surface area contributed by atoms with Crippen LogP contribution in [-0.4, -0.2) is 47.8 Å². The summed E-state index contributed by atoms with van der Waals surface area (Å²) in [6.07, 6.45) is 2.65. The standard InChI is InChI=1S/C14H27NO3/c1-11(9-13(2,3)18-5)15-8-6-7-14(4,10-15)12(16)17/h11H,6-10H2,1-5H3,(H,16,17). The van der Waals surface area contributed by atoms with E-state index in [0.717, 1.165) is 25.8 Å². The van der Waals surface area contributed by atoms with E-state index >= 15 is 0 Å². The van der Waals surface area contributed by atoms with Gasteiger partial charge in [0.1, 0.15) is 0 Å². The number of rotatable bonds is 5. The van der Waals surface area contributed by atoms with Gasteiger partial charge in [-0.3, -0.25) is 9.69 Å². The van der Waals surface area contributed by atoms with E-state index in [1.165, 1.54) is 0 Å². The fourth-order valence-electron chi connectivity index (χ4n) is 2.75. The van der Waals surface area contributed by atoms with Crippen LogP contribution in [0.4, 0.5) is 0 Å². The third-order valence-electron chi connectivity index (χ3n) is 4.21. The molecule has 4 nitrogen and oxygen atoms in total. The monoisotopic (exact) mass is 257 g/mol. The molecule has 4 heteroatoms. The number of ether oxygens (including phenoxy) is 1. The molecule has 2 atom stereocenters. The number of hydrogen-bond acceptors (Lipinski definition) is 3. The molecule has 0 aliphatic carbocycles. The second-order valence-electron chi connectivity index (χ2n) is 6.46. The second-order valence-corrected chi connectivity index (χ2v) is 6.46. The first-order valence-corrected chi connectivity index (χ1v) is 6.73. The van der Waals surface area contributed by atoms with Crippen LogP contribution < -0.4 is 0 Å². The van der Waals surface area contributed by atoms with E-state index in [-0.39, 0.29) is 5.60 Å². The van der Waals surface area contributed by atoms with Crippen molar-refractivity contribution in [2.24, 2.45) is 5.41 Å². The van der Waals surface area contributed by atoms with Gasteiger partial charge in [-0.2, -0.15) is 0 Å². The lowest BCUT2D eigenvalue weighted by molar-refractivity contribution is -0.152. The molecule has 0 spiro atoms. The summed E-state index contributed by atoms with van der Waals surface area (Å²) in [5.74, 6) is -0.676. The number of piperidine rings is 1. The maximum absolute atomic E-state index is 11.3. The maximum Gasteiger partial charge on any atom is 0.310 e. The molecule has 1 fully saturated rings. The molecule has 1 saturated heterocycles. The highest BCUT2D eigenvalue weighted by molar-refractivity contribution is 5.74. The summed E-state index contributed by atoms with van der Waals surface area (Å²) < 4.78 is 5.46. The van der Waals surface area contributed by atoms with E-state index in [9.17, 15) is 9.90 Å². The van der Waals surface area contributed by atoms with Crippen molar-refractivity contribution in [3.05, 3.63) is 0 Å². The van der Waals surface area contributed by atoms with E-state index in [1.807, 2.05) is 6.92 Å². The number of aliphatic carboxylic acids is 1. The Balaban J connectivity index is 2.64. The predicted octanol–water partition coefficient (Wildman–Crippen LogP) is 2.38. The van der Waals surface area contributed by atoms with Gasteiger partial charge in [0.05, 0.1) is 11.0 Å². The van der Waals surface area contributed by atoms with Gasteiger partial charge in [-0.15, -0.1) is 0 Å². The summed E-state index contributed by atoms with van der Waals surface area (Å²) in [6.45, 7) is 9.80. The van der Waals surface area contributed by atoms with Crippen LogP contribution in [0.3, 0.4) is 0 Å². The lowest BCUT2D eigenvalue weighted by Gasteiger charge is -2.42. The largest absolute Gasteiger partial charge is 0.481 e. The smallest absolute Gasteiger partial charge is 0.310 e. The van der Waals surface area contributed by atoms with Gasteiger partial charge in [0.25, 0.3) is 0 Å². The number of carbonyl (C=O) groups is 1.